The van der Waals surface area contributed by atoms with Crippen LogP contribution < -0.4 is 22.5 Å². The first-order valence-corrected chi connectivity index (χ1v) is 5.73. The van der Waals surface area contributed by atoms with Crippen LogP contribution in [0.25, 0.3) is 0 Å². The van der Waals surface area contributed by atoms with Crippen LogP contribution in [0, 0.1) is 0 Å². The van der Waals surface area contributed by atoms with E-state index in [1.807, 2.05) is 30.3 Å². The number of halogens is 2. The summed E-state index contributed by atoms with van der Waals surface area (Å²) in [5.74, 6) is 1.74. The molecule has 1 N–H and O–H groups in total. The maximum atomic E-state index is 5.95. The summed E-state index contributed by atoms with van der Waals surface area (Å²) in [4.78, 5) is 0. The monoisotopic (exact) mass is 286 g/mol. The first-order chi connectivity index (χ1) is 8.29. The molecule has 3 nitrogen and oxygen atoms in total. The minimum atomic E-state index is 0. The van der Waals surface area contributed by atoms with Crippen LogP contribution in [0.1, 0.15) is 11.3 Å². The third kappa shape index (κ3) is 3.95. The number of rotatable bonds is 5. The molecular formula is C13H14Cl2NO2-. The van der Waals surface area contributed by atoms with E-state index in [4.69, 9.17) is 20.8 Å². The Kier molecular flexibility index (Phi) is 6.05. The van der Waals surface area contributed by atoms with Crippen LogP contribution in [-0.2, 0) is 13.1 Å². The van der Waals surface area contributed by atoms with Crippen molar-refractivity contribution in [2.75, 3.05) is 7.11 Å². The molecule has 0 aliphatic carbocycles. The van der Waals surface area contributed by atoms with Gasteiger partial charge in [0.25, 0.3) is 0 Å². The van der Waals surface area contributed by atoms with Crippen LogP contribution >= 0.6 is 11.6 Å². The van der Waals surface area contributed by atoms with E-state index in [0.717, 1.165) is 17.1 Å². The van der Waals surface area contributed by atoms with Gasteiger partial charge < -0.3 is 26.9 Å². The Bertz CT molecular complexity index is 472. The molecule has 0 saturated carbocycles. The summed E-state index contributed by atoms with van der Waals surface area (Å²) in [6.45, 7) is 1.37. The van der Waals surface area contributed by atoms with E-state index in [2.05, 4.69) is 5.32 Å². The molecule has 2 rings (SSSR count). The number of hydrogen-bond donors (Lipinski definition) is 1. The van der Waals surface area contributed by atoms with Gasteiger partial charge >= 0.3 is 0 Å². The second kappa shape index (κ2) is 7.31. The molecule has 0 unspecified atom stereocenters. The number of benzene rings is 1. The summed E-state index contributed by atoms with van der Waals surface area (Å²) in [5.41, 5.74) is 1.03. The average molecular weight is 287 g/mol. The van der Waals surface area contributed by atoms with Crippen molar-refractivity contribution in [1.29, 1.82) is 0 Å². The van der Waals surface area contributed by atoms with Gasteiger partial charge in [-0.05, 0) is 30.3 Å². The van der Waals surface area contributed by atoms with Crippen LogP contribution in [0.2, 0.25) is 5.02 Å². The predicted octanol–water partition coefficient (Wildman–Crippen LogP) is 0.235. The molecule has 1 aromatic heterocycles. The minimum Gasteiger partial charge on any atom is -1.00 e. The number of ether oxygens (including phenoxy) is 1. The normalized spacial score (nSPS) is 9.89. The molecule has 0 atom stereocenters. The molecule has 1 aromatic carbocycles. The van der Waals surface area contributed by atoms with Crippen molar-refractivity contribution in [3.63, 3.8) is 0 Å². The second-order valence-corrected chi connectivity index (χ2v) is 4.08. The summed E-state index contributed by atoms with van der Waals surface area (Å²) in [6.07, 6.45) is 1.66. The highest BCUT2D eigenvalue weighted by molar-refractivity contribution is 6.30. The van der Waals surface area contributed by atoms with Crippen LogP contribution in [-0.4, -0.2) is 7.11 Å². The standard InChI is InChI=1S/C13H14ClNO2.ClH/c1-16-13-5-4-11(14)7-10(13)8-15-9-12-3-2-6-17-12;/h2-7,15H,8-9H2,1H3;1H/p-1. The Hall–Kier alpha value is -1.16. The molecule has 0 bridgehead atoms. The molecule has 5 heteroatoms. The summed E-state index contributed by atoms with van der Waals surface area (Å²) >= 11 is 5.95. The Morgan fingerprint density at radius 1 is 1.28 bits per heavy atom. The van der Waals surface area contributed by atoms with Gasteiger partial charge in [-0.1, -0.05) is 11.6 Å². The van der Waals surface area contributed by atoms with Gasteiger partial charge in [0.05, 0.1) is 19.9 Å². The highest BCUT2D eigenvalue weighted by Gasteiger charge is 2.03. The minimum absolute atomic E-state index is 0. The van der Waals surface area contributed by atoms with Crippen molar-refractivity contribution in [2.24, 2.45) is 0 Å². The number of methoxy groups -OCH3 is 1. The molecule has 0 radical (unpaired) electrons. The van der Waals surface area contributed by atoms with E-state index in [1.165, 1.54) is 0 Å². The van der Waals surface area contributed by atoms with Crippen molar-refractivity contribution in [3.05, 3.63) is 52.9 Å². The lowest BCUT2D eigenvalue weighted by atomic mass is 10.2. The Labute approximate surface area is 117 Å². The molecular weight excluding hydrogens is 273 g/mol. The number of furan rings is 1. The lowest BCUT2D eigenvalue weighted by Crippen LogP contribution is -3.00. The Morgan fingerprint density at radius 3 is 2.78 bits per heavy atom. The van der Waals surface area contributed by atoms with Crippen molar-refractivity contribution in [2.45, 2.75) is 13.1 Å². The van der Waals surface area contributed by atoms with Crippen molar-refractivity contribution >= 4 is 11.6 Å². The summed E-state index contributed by atoms with van der Waals surface area (Å²) in [5, 5.41) is 3.98. The van der Waals surface area contributed by atoms with Crippen LogP contribution in [0.4, 0.5) is 0 Å². The topological polar surface area (TPSA) is 34.4 Å². The fourth-order valence-corrected chi connectivity index (χ4v) is 1.81. The van der Waals surface area contributed by atoms with Crippen LogP contribution in [0.5, 0.6) is 5.75 Å². The maximum Gasteiger partial charge on any atom is 0.123 e. The van der Waals surface area contributed by atoms with Gasteiger partial charge in [-0.3, -0.25) is 0 Å². The summed E-state index contributed by atoms with van der Waals surface area (Å²) in [7, 11) is 1.65. The molecule has 0 aliphatic rings. The molecule has 18 heavy (non-hydrogen) atoms. The second-order valence-electron chi connectivity index (χ2n) is 3.64. The van der Waals surface area contributed by atoms with E-state index < -0.39 is 0 Å². The quantitative estimate of drug-likeness (QED) is 0.855. The first kappa shape index (κ1) is 14.9. The lowest BCUT2D eigenvalue weighted by Gasteiger charge is -2.09. The van der Waals surface area contributed by atoms with Gasteiger partial charge in [0.15, 0.2) is 0 Å². The smallest absolute Gasteiger partial charge is 0.123 e. The first-order valence-electron chi connectivity index (χ1n) is 5.35. The number of hydrogen-bond acceptors (Lipinski definition) is 3. The fourth-order valence-electron chi connectivity index (χ4n) is 1.62. The molecule has 98 valence electrons. The zero-order valence-corrected chi connectivity index (χ0v) is 11.5. The zero-order chi connectivity index (χ0) is 12.1. The fraction of sp³-hybridized carbons (Fsp3) is 0.231. The molecule has 2 aromatic rings. The molecule has 0 fully saturated rings. The van der Waals surface area contributed by atoms with E-state index in [1.54, 1.807) is 13.4 Å². The predicted molar refractivity (Wildman–Crippen MR) is 67.3 cm³/mol. The highest BCUT2D eigenvalue weighted by atomic mass is 35.5. The molecule has 1 heterocycles. The van der Waals surface area contributed by atoms with Gasteiger partial charge in [0, 0.05) is 17.1 Å². The Morgan fingerprint density at radius 2 is 2.11 bits per heavy atom. The summed E-state index contributed by atoms with van der Waals surface area (Å²) < 4.78 is 10.5. The lowest BCUT2D eigenvalue weighted by molar-refractivity contribution is -0.00000419. The number of nitrogens with one attached hydrogen (secondary N) is 1. The van der Waals surface area contributed by atoms with Gasteiger partial charge in [-0.25, -0.2) is 0 Å². The Balaban J connectivity index is 0.00000162. The third-order valence-corrected chi connectivity index (χ3v) is 2.67. The highest BCUT2D eigenvalue weighted by Crippen LogP contribution is 2.22. The van der Waals surface area contributed by atoms with Crippen molar-refractivity contribution in [3.8, 4) is 5.75 Å². The van der Waals surface area contributed by atoms with E-state index >= 15 is 0 Å². The van der Waals surface area contributed by atoms with Crippen molar-refractivity contribution < 1.29 is 21.6 Å². The van der Waals surface area contributed by atoms with Crippen LogP contribution in [0.3, 0.4) is 0 Å². The van der Waals surface area contributed by atoms with E-state index in [9.17, 15) is 0 Å². The summed E-state index contributed by atoms with van der Waals surface area (Å²) in [6, 6.07) is 9.39. The van der Waals surface area contributed by atoms with Gasteiger partial charge in [-0.2, -0.15) is 0 Å². The van der Waals surface area contributed by atoms with E-state index in [0.29, 0.717) is 18.1 Å². The third-order valence-electron chi connectivity index (χ3n) is 2.44. The zero-order valence-electron chi connectivity index (χ0n) is 9.95. The average Bonchev–Trinajstić information content (AvgIpc) is 2.82. The van der Waals surface area contributed by atoms with Gasteiger partial charge in [0.2, 0.25) is 0 Å². The van der Waals surface area contributed by atoms with Gasteiger partial charge in [-0.15, -0.1) is 0 Å². The molecule has 0 spiro atoms. The van der Waals surface area contributed by atoms with Crippen molar-refractivity contribution in [1.82, 2.24) is 5.32 Å². The van der Waals surface area contributed by atoms with Crippen LogP contribution in [0.15, 0.2) is 41.0 Å². The molecule has 0 aliphatic heterocycles. The largest absolute Gasteiger partial charge is 1.00 e. The van der Waals surface area contributed by atoms with Gasteiger partial charge in [0.1, 0.15) is 11.5 Å². The molecule has 0 amide bonds. The van der Waals surface area contributed by atoms with E-state index in [-0.39, 0.29) is 12.4 Å². The SMILES string of the molecule is COc1ccc(Cl)cc1CNCc1ccco1.[Cl-]. The maximum absolute atomic E-state index is 5.95. The molecule has 0 saturated heterocycles.